The summed E-state index contributed by atoms with van der Waals surface area (Å²) in [7, 11) is 1.58. The molecule has 5 nitrogen and oxygen atoms in total. The fourth-order valence-corrected chi connectivity index (χ4v) is 1.53. The van der Waals surface area contributed by atoms with E-state index >= 15 is 0 Å². The van der Waals surface area contributed by atoms with Gasteiger partial charge in [0.15, 0.2) is 6.10 Å². The lowest BCUT2D eigenvalue weighted by atomic mass is 10.2. The van der Waals surface area contributed by atoms with Crippen molar-refractivity contribution in [2.24, 2.45) is 5.73 Å². The van der Waals surface area contributed by atoms with E-state index < -0.39 is 6.10 Å². The molecule has 0 aromatic heterocycles. The Hall–Kier alpha value is -1.66. The SMILES string of the molecule is COCCNC(=O)C(C)Oc1cccc(C(N)=S)c1. The Bertz CT molecular complexity index is 451. The van der Waals surface area contributed by atoms with Crippen molar-refractivity contribution in [1.29, 1.82) is 0 Å². The Morgan fingerprint density at radius 1 is 1.53 bits per heavy atom. The Labute approximate surface area is 118 Å². The second-order valence-electron chi connectivity index (χ2n) is 3.94. The molecule has 0 saturated carbocycles. The zero-order chi connectivity index (χ0) is 14.3. The monoisotopic (exact) mass is 282 g/mol. The predicted octanol–water partition coefficient (Wildman–Crippen LogP) is 0.851. The van der Waals surface area contributed by atoms with Crippen molar-refractivity contribution in [3.8, 4) is 5.75 Å². The van der Waals surface area contributed by atoms with Gasteiger partial charge in [0, 0.05) is 19.2 Å². The van der Waals surface area contributed by atoms with Gasteiger partial charge in [0.1, 0.15) is 10.7 Å². The van der Waals surface area contributed by atoms with Crippen LogP contribution >= 0.6 is 12.2 Å². The van der Waals surface area contributed by atoms with Crippen molar-refractivity contribution < 1.29 is 14.3 Å². The second kappa shape index (κ2) is 7.70. The first kappa shape index (κ1) is 15.4. The molecule has 1 amide bonds. The molecule has 0 radical (unpaired) electrons. The third-order valence-corrected chi connectivity index (χ3v) is 2.64. The number of nitrogens with one attached hydrogen (secondary N) is 1. The summed E-state index contributed by atoms with van der Waals surface area (Å²) < 4.78 is 10.4. The van der Waals surface area contributed by atoms with Crippen LogP contribution in [0, 0.1) is 0 Å². The highest BCUT2D eigenvalue weighted by atomic mass is 32.1. The van der Waals surface area contributed by atoms with Gasteiger partial charge in [-0.15, -0.1) is 0 Å². The van der Waals surface area contributed by atoms with Crippen LogP contribution in [0.1, 0.15) is 12.5 Å². The molecular weight excluding hydrogens is 264 g/mol. The topological polar surface area (TPSA) is 73.6 Å². The van der Waals surface area contributed by atoms with Crippen molar-refractivity contribution in [2.75, 3.05) is 20.3 Å². The minimum Gasteiger partial charge on any atom is -0.481 e. The highest BCUT2D eigenvalue weighted by Crippen LogP contribution is 2.14. The molecule has 0 aliphatic rings. The number of carbonyl (C=O) groups is 1. The zero-order valence-electron chi connectivity index (χ0n) is 11.0. The van der Waals surface area contributed by atoms with Crippen molar-refractivity contribution in [2.45, 2.75) is 13.0 Å². The zero-order valence-corrected chi connectivity index (χ0v) is 11.8. The molecule has 1 rings (SSSR count). The van der Waals surface area contributed by atoms with E-state index in [1.54, 1.807) is 38.3 Å². The van der Waals surface area contributed by atoms with Crippen LogP contribution in [0.5, 0.6) is 5.75 Å². The lowest BCUT2D eigenvalue weighted by Crippen LogP contribution is -2.37. The van der Waals surface area contributed by atoms with Gasteiger partial charge in [0.2, 0.25) is 0 Å². The second-order valence-corrected chi connectivity index (χ2v) is 4.38. The highest BCUT2D eigenvalue weighted by Gasteiger charge is 2.14. The van der Waals surface area contributed by atoms with Crippen molar-refractivity contribution in [3.63, 3.8) is 0 Å². The standard InChI is InChI=1S/C13H18N2O3S/c1-9(13(16)15-6-7-17-2)18-11-5-3-4-10(8-11)12(14)19/h3-5,8-9H,6-7H2,1-2H3,(H2,14,19)(H,15,16). The van der Waals surface area contributed by atoms with E-state index in [1.165, 1.54) is 0 Å². The van der Waals surface area contributed by atoms with Crippen molar-refractivity contribution >= 4 is 23.1 Å². The molecule has 0 aliphatic carbocycles. The molecular formula is C13H18N2O3S. The van der Waals surface area contributed by atoms with Crippen LogP contribution in [0.3, 0.4) is 0 Å². The molecule has 6 heteroatoms. The molecule has 0 fully saturated rings. The number of ether oxygens (including phenoxy) is 2. The number of carbonyl (C=O) groups excluding carboxylic acids is 1. The summed E-state index contributed by atoms with van der Waals surface area (Å²) in [5.74, 6) is 0.359. The van der Waals surface area contributed by atoms with Crippen LogP contribution in [0.25, 0.3) is 0 Å². The summed E-state index contributed by atoms with van der Waals surface area (Å²) in [5, 5.41) is 2.70. The van der Waals surface area contributed by atoms with Crippen LogP contribution in [-0.2, 0) is 9.53 Å². The number of hydrogen-bond donors (Lipinski definition) is 2. The first-order valence-corrected chi connectivity index (χ1v) is 6.28. The molecule has 104 valence electrons. The van der Waals surface area contributed by atoms with Crippen molar-refractivity contribution in [1.82, 2.24) is 5.32 Å². The summed E-state index contributed by atoms with van der Waals surface area (Å²) >= 11 is 4.89. The molecule has 0 aliphatic heterocycles. The molecule has 0 saturated heterocycles. The van der Waals surface area contributed by atoms with Gasteiger partial charge in [-0.1, -0.05) is 24.4 Å². The molecule has 1 aromatic carbocycles. The predicted molar refractivity (Wildman–Crippen MR) is 77.3 cm³/mol. The summed E-state index contributed by atoms with van der Waals surface area (Å²) in [5.41, 5.74) is 6.24. The molecule has 0 spiro atoms. The van der Waals surface area contributed by atoms with E-state index in [0.29, 0.717) is 29.5 Å². The minimum atomic E-state index is -0.599. The minimum absolute atomic E-state index is 0.197. The van der Waals surface area contributed by atoms with Gasteiger partial charge in [-0.3, -0.25) is 4.79 Å². The van der Waals surface area contributed by atoms with Crippen LogP contribution in [0.2, 0.25) is 0 Å². The maximum atomic E-state index is 11.7. The summed E-state index contributed by atoms with van der Waals surface area (Å²) in [4.78, 5) is 12.0. The summed E-state index contributed by atoms with van der Waals surface area (Å²) in [6, 6.07) is 7.03. The Kier molecular flexibility index (Phi) is 6.24. The van der Waals surface area contributed by atoms with Gasteiger partial charge in [-0.25, -0.2) is 0 Å². The fourth-order valence-electron chi connectivity index (χ4n) is 1.40. The number of hydrogen-bond acceptors (Lipinski definition) is 4. The number of amides is 1. The van der Waals surface area contributed by atoms with Gasteiger partial charge >= 0.3 is 0 Å². The Morgan fingerprint density at radius 2 is 2.26 bits per heavy atom. The maximum absolute atomic E-state index is 11.7. The molecule has 1 atom stereocenters. The normalized spacial score (nSPS) is 11.7. The van der Waals surface area contributed by atoms with E-state index in [-0.39, 0.29) is 5.91 Å². The first-order valence-electron chi connectivity index (χ1n) is 5.87. The average Bonchev–Trinajstić information content (AvgIpc) is 2.39. The fraction of sp³-hybridized carbons (Fsp3) is 0.385. The molecule has 3 N–H and O–H groups in total. The van der Waals surface area contributed by atoms with Gasteiger partial charge < -0.3 is 20.5 Å². The molecule has 19 heavy (non-hydrogen) atoms. The van der Waals surface area contributed by atoms with E-state index in [0.717, 1.165) is 0 Å². The van der Waals surface area contributed by atoms with Crippen LogP contribution in [0.15, 0.2) is 24.3 Å². The van der Waals surface area contributed by atoms with E-state index in [4.69, 9.17) is 27.4 Å². The van der Waals surface area contributed by atoms with E-state index in [9.17, 15) is 4.79 Å². The average molecular weight is 282 g/mol. The quantitative estimate of drug-likeness (QED) is 0.573. The molecule has 0 bridgehead atoms. The van der Waals surface area contributed by atoms with E-state index in [2.05, 4.69) is 5.32 Å². The van der Waals surface area contributed by atoms with E-state index in [1.807, 2.05) is 0 Å². The van der Waals surface area contributed by atoms with Gasteiger partial charge in [0.05, 0.1) is 6.61 Å². The molecule has 0 heterocycles. The molecule has 1 aromatic rings. The highest BCUT2D eigenvalue weighted by molar-refractivity contribution is 7.80. The molecule has 1 unspecified atom stereocenters. The number of nitrogens with two attached hydrogens (primary N) is 1. The Balaban J connectivity index is 2.56. The maximum Gasteiger partial charge on any atom is 0.260 e. The number of benzene rings is 1. The summed E-state index contributed by atoms with van der Waals surface area (Å²) in [6.07, 6.45) is -0.599. The third kappa shape index (κ3) is 5.23. The van der Waals surface area contributed by atoms with Gasteiger partial charge in [-0.05, 0) is 19.1 Å². The van der Waals surface area contributed by atoms with Crippen molar-refractivity contribution in [3.05, 3.63) is 29.8 Å². The smallest absolute Gasteiger partial charge is 0.260 e. The first-order chi connectivity index (χ1) is 9.04. The third-order valence-electron chi connectivity index (χ3n) is 2.41. The largest absolute Gasteiger partial charge is 0.481 e. The van der Waals surface area contributed by atoms with Crippen LogP contribution in [-0.4, -0.2) is 37.3 Å². The van der Waals surface area contributed by atoms with Crippen LogP contribution < -0.4 is 15.8 Å². The van der Waals surface area contributed by atoms with Gasteiger partial charge in [0.25, 0.3) is 5.91 Å². The van der Waals surface area contributed by atoms with Gasteiger partial charge in [-0.2, -0.15) is 0 Å². The Morgan fingerprint density at radius 3 is 2.89 bits per heavy atom. The summed E-state index contributed by atoms with van der Waals surface area (Å²) in [6.45, 7) is 2.60. The number of methoxy groups -OCH3 is 1. The number of rotatable bonds is 7. The lowest BCUT2D eigenvalue weighted by Gasteiger charge is -2.15. The lowest BCUT2D eigenvalue weighted by molar-refractivity contribution is -0.127. The number of thiocarbonyl (C=S) groups is 1. The van der Waals surface area contributed by atoms with Crippen LogP contribution in [0.4, 0.5) is 0 Å².